The van der Waals surface area contributed by atoms with E-state index in [2.05, 4.69) is 0 Å². The minimum absolute atomic E-state index is 0.0656. The molecule has 0 aromatic heterocycles. The maximum absolute atomic E-state index is 10.7. The first-order chi connectivity index (χ1) is 10.0. The minimum atomic E-state index is -0.503. The van der Waals surface area contributed by atoms with E-state index in [1.165, 1.54) is 12.1 Å². The fraction of sp³-hybridized carbons (Fsp3) is 0.143. The summed E-state index contributed by atoms with van der Waals surface area (Å²) in [6.45, 7) is 0.442. The van der Waals surface area contributed by atoms with Crippen LogP contribution in [0.3, 0.4) is 0 Å². The van der Waals surface area contributed by atoms with Crippen LogP contribution in [0.2, 0.25) is 10.0 Å². The first kappa shape index (κ1) is 15.6. The highest BCUT2D eigenvalue weighted by Crippen LogP contribution is 2.30. The maximum Gasteiger partial charge on any atom is 0.270 e. The van der Waals surface area contributed by atoms with Crippen LogP contribution in [0.4, 0.5) is 5.69 Å². The first-order valence-corrected chi connectivity index (χ1v) is 6.81. The van der Waals surface area contributed by atoms with Crippen molar-refractivity contribution >= 4 is 28.9 Å². The Morgan fingerprint density at radius 2 is 1.90 bits per heavy atom. The molecule has 7 heteroatoms. The van der Waals surface area contributed by atoms with E-state index in [0.29, 0.717) is 22.9 Å². The Kier molecular flexibility index (Phi) is 5.01. The predicted octanol–water partition coefficient (Wildman–Crippen LogP) is 3.94. The molecule has 0 amide bonds. The Labute approximate surface area is 131 Å². The van der Waals surface area contributed by atoms with E-state index in [0.717, 1.165) is 5.56 Å². The second-order valence-corrected chi connectivity index (χ2v) is 5.07. The molecule has 2 aromatic carbocycles. The zero-order chi connectivity index (χ0) is 15.4. The third-order valence-electron chi connectivity index (χ3n) is 2.89. The summed E-state index contributed by atoms with van der Waals surface area (Å²) >= 11 is 12.1. The average Bonchev–Trinajstić information content (AvgIpc) is 2.46. The highest BCUT2D eigenvalue weighted by atomic mass is 35.5. The topological polar surface area (TPSA) is 78.4 Å². The molecule has 21 heavy (non-hydrogen) atoms. The monoisotopic (exact) mass is 326 g/mol. The van der Waals surface area contributed by atoms with Crippen molar-refractivity contribution in [2.24, 2.45) is 5.73 Å². The molecule has 0 atom stereocenters. The highest BCUT2D eigenvalue weighted by molar-refractivity contribution is 6.32. The van der Waals surface area contributed by atoms with Gasteiger partial charge >= 0.3 is 0 Å². The molecule has 0 spiro atoms. The van der Waals surface area contributed by atoms with Crippen LogP contribution < -0.4 is 10.5 Å². The lowest BCUT2D eigenvalue weighted by Gasteiger charge is -2.12. The molecule has 0 heterocycles. The van der Waals surface area contributed by atoms with Gasteiger partial charge in [-0.15, -0.1) is 0 Å². The van der Waals surface area contributed by atoms with E-state index in [9.17, 15) is 10.1 Å². The van der Waals surface area contributed by atoms with Crippen molar-refractivity contribution in [1.82, 2.24) is 0 Å². The van der Waals surface area contributed by atoms with E-state index >= 15 is 0 Å². The number of benzene rings is 2. The molecule has 2 aromatic rings. The van der Waals surface area contributed by atoms with Gasteiger partial charge in [-0.1, -0.05) is 35.3 Å². The normalized spacial score (nSPS) is 10.4. The number of nitro groups is 1. The molecule has 0 aliphatic carbocycles. The lowest BCUT2D eigenvalue weighted by molar-refractivity contribution is -0.384. The molecule has 0 fully saturated rings. The van der Waals surface area contributed by atoms with Gasteiger partial charge in [-0.3, -0.25) is 10.1 Å². The molecular weight excluding hydrogens is 315 g/mol. The van der Waals surface area contributed by atoms with Crippen molar-refractivity contribution < 1.29 is 9.66 Å². The summed E-state index contributed by atoms with van der Waals surface area (Å²) in [6.07, 6.45) is 0. The van der Waals surface area contributed by atoms with Gasteiger partial charge in [-0.2, -0.15) is 0 Å². The molecule has 0 saturated carbocycles. The van der Waals surface area contributed by atoms with Crippen molar-refractivity contribution in [2.75, 3.05) is 0 Å². The van der Waals surface area contributed by atoms with Gasteiger partial charge in [0.25, 0.3) is 5.69 Å². The van der Waals surface area contributed by atoms with Crippen molar-refractivity contribution in [3.8, 4) is 5.75 Å². The van der Waals surface area contributed by atoms with Gasteiger partial charge in [0.1, 0.15) is 12.4 Å². The Hall–Kier alpha value is -1.82. The second kappa shape index (κ2) is 6.76. The number of halogens is 2. The quantitative estimate of drug-likeness (QED) is 0.666. The number of para-hydroxylation sites is 1. The van der Waals surface area contributed by atoms with E-state index in [1.54, 1.807) is 18.2 Å². The molecule has 0 aliphatic rings. The van der Waals surface area contributed by atoms with Gasteiger partial charge in [0.15, 0.2) is 0 Å². The van der Waals surface area contributed by atoms with Crippen LogP contribution in [0, 0.1) is 10.1 Å². The lowest BCUT2D eigenvalue weighted by atomic mass is 10.2. The van der Waals surface area contributed by atoms with E-state index < -0.39 is 4.92 Å². The Balaban J connectivity index is 2.19. The van der Waals surface area contributed by atoms with Crippen molar-refractivity contribution in [3.63, 3.8) is 0 Å². The predicted molar refractivity (Wildman–Crippen MR) is 81.8 cm³/mol. The van der Waals surface area contributed by atoms with Crippen LogP contribution in [0.15, 0.2) is 36.4 Å². The number of nitro benzene ring substituents is 1. The number of non-ortho nitro benzene ring substituents is 1. The maximum atomic E-state index is 10.7. The largest absolute Gasteiger partial charge is 0.487 e. The molecule has 2 N–H and O–H groups in total. The standard InChI is InChI=1S/C14H12Cl2N2O3/c15-12-3-1-2-9(7-17)14(12)21-8-10-4-5-11(18(19)20)6-13(10)16/h1-6H,7-8,17H2. The summed E-state index contributed by atoms with van der Waals surface area (Å²) < 4.78 is 5.66. The SMILES string of the molecule is NCc1cccc(Cl)c1OCc1ccc([N+](=O)[O-])cc1Cl. The summed E-state index contributed by atoms with van der Waals surface area (Å²) in [4.78, 5) is 10.2. The van der Waals surface area contributed by atoms with Crippen molar-refractivity contribution in [3.05, 3.63) is 67.7 Å². The third kappa shape index (κ3) is 3.64. The fourth-order valence-corrected chi connectivity index (χ4v) is 2.27. The number of nitrogens with two attached hydrogens (primary N) is 1. The number of hydrogen-bond acceptors (Lipinski definition) is 4. The van der Waals surface area contributed by atoms with Gasteiger partial charge in [0.05, 0.1) is 15.0 Å². The van der Waals surface area contributed by atoms with Gasteiger partial charge < -0.3 is 10.5 Å². The Morgan fingerprint density at radius 1 is 1.14 bits per heavy atom. The van der Waals surface area contributed by atoms with Crippen molar-refractivity contribution in [1.29, 1.82) is 0 Å². The van der Waals surface area contributed by atoms with E-state index in [-0.39, 0.29) is 17.3 Å². The van der Waals surface area contributed by atoms with E-state index in [4.69, 9.17) is 33.7 Å². The zero-order valence-electron chi connectivity index (χ0n) is 10.9. The van der Waals surface area contributed by atoms with Crippen LogP contribution in [0.25, 0.3) is 0 Å². The summed E-state index contributed by atoms with van der Waals surface area (Å²) in [5, 5.41) is 11.4. The fourth-order valence-electron chi connectivity index (χ4n) is 1.79. The number of ether oxygens (including phenoxy) is 1. The summed E-state index contributed by atoms with van der Waals surface area (Å²) in [7, 11) is 0. The molecule has 110 valence electrons. The molecule has 0 radical (unpaired) electrons. The Morgan fingerprint density at radius 3 is 2.52 bits per heavy atom. The molecule has 5 nitrogen and oxygen atoms in total. The van der Waals surface area contributed by atoms with Crippen LogP contribution >= 0.6 is 23.2 Å². The summed E-state index contributed by atoms with van der Waals surface area (Å²) in [6, 6.07) is 9.53. The smallest absolute Gasteiger partial charge is 0.270 e. The molecule has 0 saturated heterocycles. The van der Waals surface area contributed by atoms with Crippen LogP contribution in [0.5, 0.6) is 5.75 Å². The zero-order valence-corrected chi connectivity index (χ0v) is 12.4. The summed E-state index contributed by atoms with van der Waals surface area (Å²) in [5.74, 6) is 0.496. The molecule has 0 bridgehead atoms. The Bertz CT molecular complexity index is 677. The molecular formula is C14H12Cl2N2O3. The third-order valence-corrected chi connectivity index (χ3v) is 3.54. The average molecular weight is 327 g/mol. The van der Waals surface area contributed by atoms with Gasteiger partial charge in [0.2, 0.25) is 0 Å². The van der Waals surface area contributed by atoms with Crippen molar-refractivity contribution in [2.45, 2.75) is 13.2 Å². The second-order valence-electron chi connectivity index (χ2n) is 4.25. The van der Waals surface area contributed by atoms with Crippen LogP contribution in [-0.2, 0) is 13.2 Å². The number of hydrogen-bond donors (Lipinski definition) is 1. The van der Waals surface area contributed by atoms with Gasteiger partial charge in [-0.25, -0.2) is 0 Å². The molecule has 0 unspecified atom stereocenters. The lowest BCUT2D eigenvalue weighted by Crippen LogP contribution is -2.03. The van der Waals surface area contributed by atoms with Gasteiger partial charge in [-0.05, 0) is 12.1 Å². The van der Waals surface area contributed by atoms with Gasteiger partial charge in [0, 0.05) is 29.8 Å². The number of nitrogens with zero attached hydrogens (tertiary/aromatic N) is 1. The highest BCUT2D eigenvalue weighted by Gasteiger charge is 2.12. The summed E-state index contributed by atoms with van der Waals surface area (Å²) in [5.41, 5.74) is 6.97. The number of rotatable bonds is 5. The van der Waals surface area contributed by atoms with E-state index in [1.807, 2.05) is 6.07 Å². The molecule has 0 aliphatic heterocycles. The van der Waals surface area contributed by atoms with Crippen LogP contribution in [-0.4, -0.2) is 4.92 Å². The minimum Gasteiger partial charge on any atom is -0.487 e. The first-order valence-electron chi connectivity index (χ1n) is 6.06. The van der Waals surface area contributed by atoms with Crippen LogP contribution in [0.1, 0.15) is 11.1 Å². The molecule has 2 rings (SSSR count).